The number of ether oxygens (including phenoxy) is 1. The first-order valence-electron chi connectivity index (χ1n) is 10.2. The number of aryl methyl sites for hydroxylation is 1. The number of nitrogens with zero attached hydrogens (tertiary/aromatic N) is 4. The van der Waals surface area contributed by atoms with Gasteiger partial charge in [-0.2, -0.15) is 0 Å². The number of fused-ring (bicyclic) bond motifs is 2. The molecular weight excluding hydrogens is 386 g/mol. The van der Waals surface area contributed by atoms with Crippen LogP contribution in [0.2, 0.25) is 0 Å². The predicted molar refractivity (Wildman–Crippen MR) is 105 cm³/mol. The van der Waals surface area contributed by atoms with Crippen LogP contribution in [0, 0.1) is 11.8 Å². The molecule has 2 aliphatic rings. The summed E-state index contributed by atoms with van der Waals surface area (Å²) in [5, 5.41) is 8.64. The van der Waals surface area contributed by atoms with E-state index in [0.717, 1.165) is 44.2 Å². The third-order valence-electron chi connectivity index (χ3n) is 5.94. The van der Waals surface area contributed by atoms with Gasteiger partial charge in [0, 0.05) is 49.4 Å². The van der Waals surface area contributed by atoms with Crippen LogP contribution in [0.4, 0.5) is 4.79 Å². The SMILES string of the molecule is O=C(NO)c1cnc(CCC2C[C@H]3C[C@@H](C2)N(C(=O)OCc2cccnc2)C3)nc1. The highest BCUT2D eigenvalue weighted by Crippen LogP contribution is 2.40. The third-order valence-corrected chi connectivity index (χ3v) is 5.94. The second-order valence-electron chi connectivity index (χ2n) is 8.03. The van der Waals surface area contributed by atoms with E-state index in [0.29, 0.717) is 17.7 Å². The van der Waals surface area contributed by atoms with Crippen molar-refractivity contribution in [1.29, 1.82) is 0 Å². The smallest absolute Gasteiger partial charge is 0.410 e. The minimum absolute atomic E-state index is 0.220. The Balaban J connectivity index is 1.26. The van der Waals surface area contributed by atoms with Crippen molar-refractivity contribution in [1.82, 2.24) is 25.3 Å². The predicted octanol–water partition coefficient (Wildman–Crippen LogP) is 2.36. The van der Waals surface area contributed by atoms with Crippen molar-refractivity contribution in [3.63, 3.8) is 0 Å². The summed E-state index contributed by atoms with van der Waals surface area (Å²) in [6, 6.07) is 3.95. The van der Waals surface area contributed by atoms with E-state index >= 15 is 0 Å². The number of amides is 2. The lowest BCUT2D eigenvalue weighted by Crippen LogP contribution is -2.36. The van der Waals surface area contributed by atoms with Crippen LogP contribution in [0.3, 0.4) is 0 Å². The molecule has 2 fully saturated rings. The van der Waals surface area contributed by atoms with Gasteiger partial charge in [-0.05, 0) is 43.6 Å². The molecule has 0 spiro atoms. The first-order chi connectivity index (χ1) is 14.6. The molecule has 4 rings (SSSR count). The van der Waals surface area contributed by atoms with Gasteiger partial charge in [0.1, 0.15) is 12.4 Å². The van der Waals surface area contributed by atoms with Gasteiger partial charge in [-0.1, -0.05) is 6.07 Å². The van der Waals surface area contributed by atoms with E-state index in [2.05, 4.69) is 15.0 Å². The molecule has 9 nitrogen and oxygen atoms in total. The van der Waals surface area contributed by atoms with Crippen LogP contribution in [0.5, 0.6) is 0 Å². The molecule has 9 heteroatoms. The summed E-state index contributed by atoms with van der Waals surface area (Å²) in [5.74, 6) is 1.07. The standard InChI is InChI=1S/C21H25N5O4/c27-20(25-29)17-10-23-19(24-11-17)4-3-14-6-16-8-18(7-14)26(12-16)21(28)30-13-15-2-1-5-22-9-15/h1-2,5,9-11,14,16,18,29H,3-4,6-8,12-13H2,(H,25,27)/t14?,16-,18+/m0/s1. The Hall–Kier alpha value is -3.07. The molecule has 2 amide bonds. The number of nitrogens with one attached hydrogen (secondary N) is 1. The van der Waals surface area contributed by atoms with Crippen molar-refractivity contribution in [3.8, 4) is 0 Å². The molecule has 158 valence electrons. The number of hydroxylamine groups is 1. The number of hydrogen-bond acceptors (Lipinski definition) is 7. The summed E-state index contributed by atoms with van der Waals surface area (Å²) in [5.41, 5.74) is 2.67. The van der Waals surface area contributed by atoms with Crippen molar-refractivity contribution in [2.75, 3.05) is 6.54 Å². The Bertz CT molecular complexity index is 877. The minimum Gasteiger partial charge on any atom is -0.444 e. The molecule has 0 aromatic carbocycles. The molecule has 1 aliphatic carbocycles. The fraction of sp³-hybridized carbons (Fsp3) is 0.476. The first-order valence-corrected chi connectivity index (χ1v) is 10.2. The van der Waals surface area contributed by atoms with Gasteiger partial charge in [-0.25, -0.2) is 20.2 Å². The molecule has 3 heterocycles. The van der Waals surface area contributed by atoms with Crippen LogP contribution in [0.15, 0.2) is 36.9 Å². The van der Waals surface area contributed by atoms with Crippen LogP contribution in [0.25, 0.3) is 0 Å². The lowest BCUT2D eigenvalue weighted by Gasteiger charge is -2.29. The van der Waals surface area contributed by atoms with Gasteiger partial charge in [0.15, 0.2) is 0 Å². The van der Waals surface area contributed by atoms with Gasteiger partial charge >= 0.3 is 6.09 Å². The molecule has 2 N–H and O–H groups in total. The summed E-state index contributed by atoms with van der Waals surface area (Å²) in [7, 11) is 0. The molecular formula is C21H25N5O4. The van der Waals surface area contributed by atoms with Crippen molar-refractivity contribution in [3.05, 3.63) is 53.9 Å². The summed E-state index contributed by atoms with van der Waals surface area (Å²) in [4.78, 5) is 38.3. The highest BCUT2D eigenvalue weighted by molar-refractivity contribution is 5.92. The van der Waals surface area contributed by atoms with Crippen LogP contribution in [0.1, 0.15) is 47.4 Å². The van der Waals surface area contributed by atoms with E-state index in [1.54, 1.807) is 17.9 Å². The highest BCUT2D eigenvalue weighted by Gasteiger charge is 2.42. The number of rotatable bonds is 6. The van der Waals surface area contributed by atoms with Crippen LogP contribution < -0.4 is 5.48 Å². The summed E-state index contributed by atoms with van der Waals surface area (Å²) in [6.07, 6.45) is 10.7. The number of carbonyl (C=O) groups excluding carboxylic acids is 2. The summed E-state index contributed by atoms with van der Waals surface area (Å²) in [6.45, 7) is 1.00. The Morgan fingerprint density at radius 1 is 1.20 bits per heavy atom. The molecule has 30 heavy (non-hydrogen) atoms. The Kier molecular flexibility index (Phi) is 6.18. The normalized spacial score (nSPS) is 22.6. The maximum Gasteiger partial charge on any atom is 0.410 e. The van der Waals surface area contributed by atoms with E-state index in [-0.39, 0.29) is 24.3 Å². The second kappa shape index (κ2) is 9.17. The lowest BCUT2D eigenvalue weighted by molar-refractivity contribution is 0.0705. The molecule has 1 aliphatic heterocycles. The number of carbonyl (C=O) groups is 2. The maximum absolute atomic E-state index is 12.6. The van der Waals surface area contributed by atoms with E-state index in [9.17, 15) is 9.59 Å². The van der Waals surface area contributed by atoms with Crippen molar-refractivity contribution in [2.45, 2.75) is 44.8 Å². The van der Waals surface area contributed by atoms with Gasteiger partial charge in [-0.3, -0.25) is 15.0 Å². The average molecular weight is 411 g/mol. The van der Waals surface area contributed by atoms with Crippen molar-refractivity contribution < 1.29 is 19.5 Å². The molecule has 1 saturated carbocycles. The molecule has 3 atom stereocenters. The number of pyridine rings is 1. The maximum atomic E-state index is 12.6. The number of likely N-dealkylation sites (tertiary alicyclic amines) is 1. The monoisotopic (exact) mass is 411 g/mol. The zero-order valence-corrected chi connectivity index (χ0v) is 16.6. The van der Waals surface area contributed by atoms with E-state index < -0.39 is 5.91 Å². The fourth-order valence-corrected chi connectivity index (χ4v) is 4.53. The topological polar surface area (TPSA) is 118 Å². The van der Waals surface area contributed by atoms with Crippen LogP contribution >= 0.6 is 0 Å². The van der Waals surface area contributed by atoms with Gasteiger partial charge in [-0.15, -0.1) is 0 Å². The largest absolute Gasteiger partial charge is 0.444 e. The minimum atomic E-state index is -0.624. The molecule has 2 aromatic heterocycles. The van der Waals surface area contributed by atoms with Gasteiger partial charge in [0.25, 0.3) is 5.91 Å². The number of aromatic nitrogens is 3. The van der Waals surface area contributed by atoms with Gasteiger partial charge in [0.2, 0.25) is 0 Å². The molecule has 0 radical (unpaired) electrons. The van der Waals surface area contributed by atoms with Crippen LogP contribution in [-0.2, 0) is 17.8 Å². The Morgan fingerprint density at radius 2 is 2.03 bits per heavy atom. The quantitative estimate of drug-likeness (QED) is 0.553. The van der Waals surface area contributed by atoms with Gasteiger partial charge in [0.05, 0.1) is 5.56 Å². The van der Waals surface area contributed by atoms with Crippen molar-refractivity contribution in [2.24, 2.45) is 11.8 Å². The van der Waals surface area contributed by atoms with Crippen LogP contribution in [-0.4, -0.2) is 49.6 Å². The van der Waals surface area contributed by atoms with Crippen molar-refractivity contribution >= 4 is 12.0 Å². The first kappa shape index (κ1) is 20.2. The van der Waals surface area contributed by atoms with E-state index in [1.807, 2.05) is 17.0 Å². The third kappa shape index (κ3) is 4.73. The molecule has 2 bridgehead atoms. The Morgan fingerprint density at radius 3 is 2.77 bits per heavy atom. The van der Waals surface area contributed by atoms with Gasteiger partial charge < -0.3 is 9.64 Å². The fourth-order valence-electron chi connectivity index (χ4n) is 4.53. The average Bonchev–Trinajstić information content (AvgIpc) is 3.10. The number of hydrogen-bond donors (Lipinski definition) is 2. The lowest BCUT2D eigenvalue weighted by atomic mass is 9.80. The second-order valence-corrected chi connectivity index (χ2v) is 8.03. The Labute approximate surface area is 174 Å². The zero-order valence-electron chi connectivity index (χ0n) is 16.6. The molecule has 1 saturated heterocycles. The summed E-state index contributed by atoms with van der Waals surface area (Å²) < 4.78 is 5.50. The molecule has 1 unspecified atom stereocenters. The highest BCUT2D eigenvalue weighted by atomic mass is 16.6. The zero-order chi connectivity index (χ0) is 20.9. The van der Waals surface area contributed by atoms with E-state index in [4.69, 9.17) is 9.94 Å². The summed E-state index contributed by atoms with van der Waals surface area (Å²) >= 11 is 0. The van der Waals surface area contributed by atoms with E-state index in [1.165, 1.54) is 12.4 Å². The molecule has 2 aromatic rings.